The van der Waals surface area contributed by atoms with Gasteiger partial charge in [-0.3, -0.25) is 0 Å². The third-order valence-corrected chi connectivity index (χ3v) is 7.24. The highest BCUT2D eigenvalue weighted by Crippen LogP contribution is 2.32. The molecule has 2 aliphatic carbocycles. The maximum Gasteiger partial charge on any atom is -0.0188 e. The summed E-state index contributed by atoms with van der Waals surface area (Å²) in [4.78, 5) is 0. The van der Waals surface area contributed by atoms with Crippen molar-refractivity contribution >= 4 is 0 Å². The molecule has 36 heavy (non-hydrogen) atoms. The predicted octanol–water partition coefficient (Wildman–Crippen LogP) is 12.7. The molecule has 0 spiro atoms. The van der Waals surface area contributed by atoms with Gasteiger partial charge in [0.2, 0.25) is 0 Å². The molecule has 0 heteroatoms. The van der Waals surface area contributed by atoms with Gasteiger partial charge in [-0.25, -0.2) is 0 Å². The highest BCUT2D eigenvalue weighted by atomic mass is 14.3. The Morgan fingerprint density at radius 1 is 0.944 bits per heavy atom. The van der Waals surface area contributed by atoms with Crippen LogP contribution in [0.5, 0.6) is 0 Å². The zero-order chi connectivity index (χ0) is 28.9. The largest absolute Gasteiger partial charge is 0.103 e. The van der Waals surface area contributed by atoms with Crippen molar-refractivity contribution in [2.45, 2.75) is 128 Å². The molecule has 1 saturated carbocycles. The lowest BCUT2D eigenvalue weighted by molar-refractivity contribution is 0.301. The van der Waals surface area contributed by atoms with Gasteiger partial charge in [-0.15, -0.1) is 6.58 Å². The van der Waals surface area contributed by atoms with Crippen LogP contribution >= 0.6 is 0 Å². The van der Waals surface area contributed by atoms with Crippen LogP contribution in [-0.2, 0) is 0 Å². The Morgan fingerprint density at radius 3 is 1.78 bits per heavy atom. The van der Waals surface area contributed by atoms with E-state index in [4.69, 9.17) is 0 Å². The van der Waals surface area contributed by atoms with Gasteiger partial charge in [0.1, 0.15) is 0 Å². The molecule has 0 aromatic heterocycles. The fourth-order valence-electron chi connectivity index (χ4n) is 4.55. The van der Waals surface area contributed by atoms with Crippen molar-refractivity contribution in [2.75, 3.05) is 0 Å². The van der Waals surface area contributed by atoms with E-state index in [9.17, 15) is 0 Å². The van der Waals surface area contributed by atoms with E-state index in [-0.39, 0.29) is 0 Å². The summed E-state index contributed by atoms with van der Waals surface area (Å²) in [5.74, 6) is 3.11. The van der Waals surface area contributed by atoms with Gasteiger partial charge in [0, 0.05) is 0 Å². The monoisotopic (exact) mass is 499 g/mol. The first kappa shape index (κ1) is 39.0. The van der Waals surface area contributed by atoms with E-state index >= 15 is 0 Å². The second-order valence-electron chi connectivity index (χ2n) is 11.6. The van der Waals surface area contributed by atoms with Crippen molar-refractivity contribution in [3.8, 4) is 0 Å². The predicted molar refractivity (Wildman–Crippen MR) is 172 cm³/mol. The molecule has 0 radical (unpaired) electrons. The minimum atomic E-state index is 0.381. The van der Waals surface area contributed by atoms with E-state index in [1.165, 1.54) is 67.2 Å². The Kier molecular flexibility index (Phi) is 24.5. The molecule has 2 aliphatic rings. The first-order valence-corrected chi connectivity index (χ1v) is 14.6. The van der Waals surface area contributed by atoms with E-state index in [1.54, 1.807) is 6.08 Å². The highest BCUT2D eigenvalue weighted by molar-refractivity contribution is 5.35. The van der Waals surface area contributed by atoms with Crippen LogP contribution in [-0.4, -0.2) is 0 Å². The lowest BCUT2D eigenvalue weighted by atomic mass is 9.78. The minimum absolute atomic E-state index is 0.381. The summed E-state index contributed by atoms with van der Waals surface area (Å²) >= 11 is 0. The number of rotatable bonds is 4. The van der Waals surface area contributed by atoms with Crippen LogP contribution in [0, 0.1) is 29.1 Å². The average molecular weight is 499 g/mol. The van der Waals surface area contributed by atoms with Gasteiger partial charge in [0.25, 0.3) is 0 Å². The smallest absolute Gasteiger partial charge is 0.0188 e. The fourth-order valence-corrected chi connectivity index (χ4v) is 4.55. The molecule has 210 valence electrons. The van der Waals surface area contributed by atoms with Gasteiger partial charge in [0.05, 0.1) is 0 Å². The molecule has 0 unspecified atom stereocenters. The van der Waals surface area contributed by atoms with E-state index in [0.717, 1.165) is 11.8 Å². The Balaban J connectivity index is -0.000000419. The molecule has 0 bridgehead atoms. The standard InChI is InChI=1S/C12H18.C10H18.C9H18.C3H6.C2H6/c1-4-7-11-9-6-8-10(3)12(11)5-2;1-8(2)10-6-4-5-9(3)7-10;1-7(2)8(3)9(4,5)6;1-3-2;1-2/h4-5,7,10H,2,6,8-9H2,1,3H3;9-10H,1,4-7H2,2-3H3;8H,1H2,2-6H3;3H,1H2,2H3;1-2H3/b7-4-;;;;/t10-;9-,10+;8-;;/m111../s1. The normalized spacial score (nSPS) is 22.1. The zero-order valence-corrected chi connectivity index (χ0v) is 26.9. The zero-order valence-electron chi connectivity index (χ0n) is 26.9. The lowest BCUT2D eigenvalue weighted by Crippen LogP contribution is -2.17. The average Bonchev–Trinajstić information content (AvgIpc) is 2.81. The number of hydrogen-bond donors (Lipinski definition) is 0. The third kappa shape index (κ3) is 18.7. The second-order valence-corrected chi connectivity index (χ2v) is 11.6. The summed E-state index contributed by atoms with van der Waals surface area (Å²) in [5, 5.41) is 0. The third-order valence-electron chi connectivity index (χ3n) is 7.24. The summed E-state index contributed by atoms with van der Waals surface area (Å²) in [6.45, 7) is 41.0. The molecule has 0 saturated heterocycles. The van der Waals surface area contributed by atoms with Gasteiger partial charge in [-0.1, -0.05) is 123 Å². The molecular weight excluding hydrogens is 432 g/mol. The molecular formula is C36H66. The van der Waals surface area contributed by atoms with Crippen LogP contribution in [0.1, 0.15) is 128 Å². The number of hydrogen-bond acceptors (Lipinski definition) is 0. The molecule has 0 nitrogen and oxygen atoms in total. The first-order chi connectivity index (χ1) is 16.8. The molecule has 0 N–H and O–H groups in total. The van der Waals surface area contributed by atoms with Gasteiger partial charge in [-0.2, -0.15) is 0 Å². The first-order valence-electron chi connectivity index (χ1n) is 14.6. The van der Waals surface area contributed by atoms with Crippen molar-refractivity contribution in [1.82, 2.24) is 0 Å². The van der Waals surface area contributed by atoms with Gasteiger partial charge >= 0.3 is 0 Å². The van der Waals surface area contributed by atoms with Crippen LogP contribution in [0.2, 0.25) is 0 Å². The van der Waals surface area contributed by atoms with Crippen molar-refractivity contribution in [1.29, 1.82) is 0 Å². The topological polar surface area (TPSA) is 0 Å². The summed E-state index contributed by atoms with van der Waals surface area (Å²) < 4.78 is 0. The fraction of sp³-hybridized carbons (Fsp3) is 0.667. The van der Waals surface area contributed by atoms with E-state index < -0.39 is 0 Å². The van der Waals surface area contributed by atoms with Gasteiger partial charge in [-0.05, 0) is 100 Å². The summed E-state index contributed by atoms with van der Waals surface area (Å²) in [5.41, 5.74) is 6.01. The van der Waals surface area contributed by atoms with Crippen LogP contribution < -0.4 is 0 Å². The van der Waals surface area contributed by atoms with E-state index in [0.29, 0.717) is 17.3 Å². The van der Waals surface area contributed by atoms with Crippen LogP contribution in [0.4, 0.5) is 0 Å². The Bertz CT molecular complexity index is 661. The quantitative estimate of drug-likeness (QED) is 0.338. The van der Waals surface area contributed by atoms with Crippen LogP contribution in [0.25, 0.3) is 0 Å². The SMILES string of the molecule is C=C(C)[C@@H](C)C(C)(C)C.C=C(C)[C@H]1CCC[C@@H](C)C1.C=CC.C=CC1=C(/C=C\C)CCC[C@H]1C.CC. The van der Waals surface area contributed by atoms with Gasteiger partial charge < -0.3 is 0 Å². The Morgan fingerprint density at radius 2 is 1.47 bits per heavy atom. The van der Waals surface area contributed by atoms with Crippen LogP contribution in [0.3, 0.4) is 0 Å². The van der Waals surface area contributed by atoms with Gasteiger partial charge in [0.15, 0.2) is 0 Å². The molecule has 0 amide bonds. The van der Waals surface area contributed by atoms with Crippen molar-refractivity contribution in [2.24, 2.45) is 29.1 Å². The molecule has 0 heterocycles. The molecule has 4 atom stereocenters. The summed E-state index contributed by atoms with van der Waals surface area (Å²) in [6, 6.07) is 0. The maximum atomic E-state index is 4.01. The minimum Gasteiger partial charge on any atom is -0.103 e. The molecule has 0 aromatic rings. The molecule has 2 rings (SSSR count). The van der Waals surface area contributed by atoms with Crippen molar-refractivity contribution in [3.63, 3.8) is 0 Å². The second kappa shape index (κ2) is 22.6. The summed E-state index contributed by atoms with van der Waals surface area (Å²) in [6.07, 6.45) is 17.6. The Labute approximate surface area is 229 Å². The number of allylic oxidation sites excluding steroid dienone is 8. The van der Waals surface area contributed by atoms with Crippen molar-refractivity contribution in [3.05, 3.63) is 72.9 Å². The molecule has 0 aromatic carbocycles. The van der Waals surface area contributed by atoms with E-state index in [2.05, 4.69) is 101 Å². The van der Waals surface area contributed by atoms with Crippen molar-refractivity contribution < 1.29 is 0 Å². The van der Waals surface area contributed by atoms with E-state index in [1.807, 2.05) is 26.8 Å². The maximum absolute atomic E-state index is 4.01. The van der Waals surface area contributed by atoms with Crippen LogP contribution in [0.15, 0.2) is 72.9 Å². The lowest BCUT2D eigenvalue weighted by Gasteiger charge is -2.27. The molecule has 1 fully saturated rings. The summed E-state index contributed by atoms with van der Waals surface area (Å²) in [7, 11) is 0. The Hall–Kier alpha value is -1.56. The molecule has 0 aliphatic heterocycles. The highest BCUT2D eigenvalue weighted by Gasteiger charge is 2.20.